The fourth-order valence-electron chi connectivity index (χ4n) is 4.46. The zero-order valence-electron chi connectivity index (χ0n) is 10.6. The minimum Gasteiger partial charge on any atom is -0.461 e. The van der Waals surface area contributed by atoms with Crippen molar-refractivity contribution < 1.29 is 14.3 Å². The Morgan fingerprint density at radius 2 is 2.00 bits per heavy atom. The first-order valence-corrected chi connectivity index (χ1v) is 6.76. The van der Waals surface area contributed by atoms with Crippen molar-refractivity contribution in [2.24, 2.45) is 23.2 Å². The second-order valence-electron chi connectivity index (χ2n) is 6.28. The van der Waals surface area contributed by atoms with E-state index in [4.69, 9.17) is 4.74 Å². The molecule has 0 aromatic rings. The molecular weight excluding hydrogens is 216 g/mol. The summed E-state index contributed by atoms with van der Waals surface area (Å²) in [5, 5.41) is 0. The van der Waals surface area contributed by atoms with Crippen LogP contribution < -0.4 is 0 Å². The fourth-order valence-corrected chi connectivity index (χ4v) is 4.46. The van der Waals surface area contributed by atoms with Crippen molar-refractivity contribution in [3.05, 3.63) is 0 Å². The number of hydrogen-bond acceptors (Lipinski definition) is 3. The highest BCUT2D eigenvalue weighted by atomic mass is 16.6. The van der Waals surface area contributed by atoms with Crippen LogP contribution in [0.3, 0.4) is 0 Å². The molecule has 0 bridgehead atoms. The highest BCUT2D eigenvalue weighted by Crippen LogP contribution is 2.55. The van der Waals surface area contributed by atoms with Gasteiger partial charge in [-0.05, 0) is 38.0 Å². The normalized spacial score (nSPS) is 49.5. The van der Waals surface area contributed by atoms with Crippen LogP contribution in [0.25, 0.3) is 0 Å². The first-order valence-electron chi connectivity index (χ1n) is 6.76. The van der Waals surface area contributed by atoms with Crippen molar-refractivity contribution in [1.29, 1.82) is 0 Å². The minimum absolute atomic E-state index is 0.103. The van der Waals surface area contributed by atoms with Gasteiger partial charge in [-0.3, -0.25) is 9.59 Å². The molecule has 94 valence electrons. The van der Waals surface area contributed by atoms with Crippen molar-refractivity contribution in [3.8, 4) is 0 Å². The van der Waals surface area contributed by atoms with Crippen LogP contribution in [0.15, 0.2) is 0 Å². The molecule has 0 amide bonds. The molecule has 0 aromatic carbocycles. The summed E-state index contributed by atoms with van der Waals surface area (Å²) >= 11 is 0. The van der Waals surface area contributed by atoms with Crippen LogP contribution >= 0.6 is 0 Å². The molecule has 3 aliphatic rings. The van der Waals surface area contributed by atoms with Crippen molar-refractivity contribution in [3.63, 3.8) is 0 Å². The largest absolute Gasteiger partial charge is 0.461 e. The molecule has 17 heavy (non-hydrogen) atoms. The first-order chi connectivity index (χ1) is 8.03. The summed E-state index contributed by atoms with van der Waals surface area (Å²) in [7, 11) is 0. The molecule has 1 heterocycles. The molecule has 2 saturated carbocycles. The maximum Gasteiger partial charge on any atom is 0.306 e. The molecule has 5 atom stereocenters. The molecule has 0 unspecified atom stereocenters. The Morgan fingerprint density at radius 1 is 1.24 bits per heavy atom. The van der Waals surface area contributed by atoms with Gasteiger partial charge in [-0.25, -0.2) is 0 Å². The van der Waals surface area contributed by atoms with E-state index in [0.29, 0.717) is 30.5 Å². The molecule has 1 saturated heterocycles. The third-order valence-electron chi connectivity index (χ3n) is 5.44. The van der Waals surface area contributed by atoms with E-state index in [1.807, 2.05) is 6.92 Å². The third kappa shape index (κ3) is 1.40. The quantitative estimate of drug-likeness (QED) is 0.606. The van der Waals surface area contributed by atoms with Crippen LogP contribution in [0.5, 0.6) is 0 Å². The number of hydrogen-bond donors (Lipinski definition) is 0. The summed E-state index contributed by atoms with van der Waals surface area (Å²) in [5.74, 6) is 1.49. The van der Waals surface area contributed by atoms with Gasteiger partial charge in [0.2, 0.25) is 0 Å². The van der Waals surface area contributed by atoms with Gasteiger partial charge in [0, 0.05) is 12.3 Å². The van der Waals surface area contributed by atoms with Gasteiger partial charge in [0.25, 0.3) is 0 Å². The topological polar surface area (TPSA) is 43.4 Å². The Kier molecular flexibility index (Phi) is 2.36. The van der Waals surface area contributed by atoms with Gasteiger partial charge >= 0.3 is 5.97 Å². The van der Waals surface area contributed by atoms with E-state index >= 15 is 0 Å². The summed E-state index contributed by atoms with van der Waals surface area (Å²) in [6.45, 7) is 4.30. The van der Waals surface area contributed by atoms with E-state index in [1.54, 1.807) is 0 Å². The van der Waals surface area contributed by atoms with Crippen molar-refractivity contribution >= 4 is 11.8 Å². The van der Waals surface area contributed by atoms with E-state index in [1.165, 1.54) is 0 Å². The molecule has 0 N–H and O–H groups in total. The van der Waals surface area contributed by atoms with E-state index in [-0.39, 0.29) is 18.0 Å². The molecule has 0 radical (unpaired) electrons. The third-order valence-corrected chi connectivity index (χ3v) is 5.44. The SMILES string of the molecule is C[C@H]1CC[C@H]2CC(=O)O[C@H]2[C@]2(C)C(=O)CC[C@H]12. The second-order valence-corrected chi connectivity index (χ2v) is 6.28. The predicted molar refractivity (Wildman–Crippen MR) is 62.2 cm³/mol. The average molecular weight is 236 g/mol. The Bertz CT molecular complexity index is 376. The lowest BCUT2D eigenvalue weighted by Crippen LogP contribution is -2.44. The maximum atomic E-state index is 12.3. The number of esters is 1. The highest BCUT2D eigenvalue weighted by molar-refractivity contribution is 5.88. The number of fused-ring (bicyclic) bond motifs is 3. The van der Waals surface area contributed by atoms with E-state index in [2.05, 4.69) is 6.92 Å². The first kappa shape index (κ1) is 11.2. The zero-order valence-corrected chi connectivity index (χ0v) is 10.6. The van der Waals surface area contributed by atoms with Crippen LogP contribution in [-0.2, 0) is 14.3 Å². The summed E-state index contributed by atoms with van der Waals surface area (Å²) in [4.78, 5) is 23.8. The van der Waals surface area contributed by atoms with E-state index in [9.17, 15) is 9.59 Å². The number of carbonyl (C=O) groups is 2. The van der Waals surface area contributed by atoms with Gasteiger partial charge in [0.15, 0.2) is 0 Å². The molecule has 3 heteroatoms. The Morgan fingerprint density at radius 3 is 2.76 bits per heavy atom. The summed E-state index contributed by atoms with van der Waals surface area (Å²) in [6.07, 6.45) is 4.21. The second kappa shape index (κ2) is 3.56. The summed E-state index contributed by atoms with van der Waals surface area (Å²) < 4.78 is 5.52. The Labute approximate surface area is 102 Å². The molecule has 3 fully saturated rings. The van der Waals surface area contributed by atoms with Crippen molar-refractivity contribution in [2.45, 2.75) is 52.1 Å². The standard InChI is InChI=1S/C14H20O3/c1-8-3-4-9-7-12(16)17-13(9)14(2)10(8)5-6-11(14)15/h8-10,13H,3-7H2,1-2H3/t8-,9-,10+,13+,14-/m0/s1. The van der Waals surface area contributed by atoms with E-state index in [0.717, 1.165) is 19.3 Å². The monoisotopic (exact) mass is 236 g/mol. The summed E-state index contributed by atoms with van der Waals surface area (Å²) in [5.41, 5.74) is -0.396. The van der Waals surface area contributed by atoms with Crippen molar-refractivity contribution in [2.75, 3.05) is 0 Å². The molecule has 0 spiro atoms. The van der Waals surface area contributed by atoms with Gasteiger partial charge in [0.05, 0.1) is 11.8 Å². The van der Waals surface area contributed by atoms with Crippen LogP contribution in [0.1, 0.15) is 46.0 Å². The number of Topliss-reactive ketones (excluding diaryl/α,β-unsaturated/α-hetero) is 1. The van der Waals surface area contributed by atoms with Crippen molar-refractivity contribution in [1.82, 2.24) is 0 Å². The predicted octanol–water partition coefficient (Wildman–Crippen LogP) is 2.33. The minimum atomic E-state index is -0.396. The molecule has 3 nitrogen and oxygen atoms in total. The lowest BCUT2D eigenvalue weighted by atomic mass is 9.69. The maximum absolute atomic E-state index is 12.3. The highest BCUT2D eigenvalue weighted by Gasteiger charge is 2.59. The summed E-state index contributed by atoms with van der Waals surface area (Å²) in [6, 6.07) is 0. The lowest BCUT2D eigenvalue weighted by Gasteiger charge is -2.36. The lowest BCUT2D eigenvalue weighted by molar-refractivity contribution is -0.152. The fraction of sp³-hybridized carbons (Fsp3) is 0.857. The zero-order chi connectivity index (χ0) is 12.2. The number of carbonyl (C=O) groups excluding carboxylic acids is 2. The molecule has 3 rings (SSSR count). The number of rotatable bonds is 0. The number of ketones is 1. The Hall–Kier alpha value is -0.860. The molecular formula is C14H20O3. The number of ether oxygens (including phenoxy) is 1. The van der Waals surface area contributed by atoms with Gasteiger partial charge in [-0.2, -0.15) is 0 Å². The van der Waals surface area contributed by atoms with Gasteiger partial charge in [-0.15, -0.1) is 0 Å². The molecule has 0 aromatic heterocycles. The van der Waals surface area contributed by atoms with Crippen LogP contribution in [0, 0.1) is 23.2 Å². The average Bonchev–Trinajstić information content (AvgIpc) is 2.77. The van der Waals surface area contributed by atoms with Gasteiger partial charge in [0.1, 0.15) is 11.9 Å². The van der Waals surface area contributed by atoms with E-state index < -0.39 is 5.41 Å². The van der Waals surface area contributed by atoms with Gasteiger partial charge in [-0.1, -0.05) is 6.92 Å². The van der Waals surface area contributed by atoms with Crippen LogP contribution in [0.4, 0.5) is 0 Å². The van der Waals surface area contributed by atoms with Crippen LogP contribution in [-0.4, -0.2) is 17.9 Å². The van der Waals surface area contributed by atoms with Crippen LogP contribution in [0.2, 0.25) is 0 Å². The molecule has 2 aliphatic carbocycles. The Balaban J connectivity index is 2.02. The smallest absolute Gasteiger partial charge is 0.306 e. The van der Waals surface area contributed by atoms with Gasteiger partial charge < -0.3 is 4.74 Å². The molecule has 1 aliphatic heterocycles.